The van der Waals surface area contributed by atoms with E-state index in [-0.39, 0.29) is 17.7 Å². The summed E-state index contributed by atoms with van der Waals surface area (Å²) in [4.78, 5) is 14.4. The number of sulfonamides is 1. The van der Waals surface area contributed by atoms with Crippen LogP contribution in [0.25, 0.3) is 22.2 Å². The van der Waals surface area contributed by atoms with Crippen molar-refractivity contribution in [2.75, 3.05) is 30.7 Å². The number of carbonyl (C=O) groups excluding carboxylic acids is 1. The number of halogens is 1. The van der Waals surface area contributed by atoms with Gasteiger partial charge < -0.3 is 19.9 Å². The first-order valence-corrected chi connectivity index (χ1v) is 18.3. The Morgan fingerprint density at radius 2 is 1.79 bits per heavy atom. The molecule has 1 aliphatic heterocycles. The summed E-state index contributed by atoms with van der Waals surface area (Å²) in [6.45, 7) is 3.20. The van der Waals surface area contributed by atoms with Crippen LogP contribution in [0.5, 0.6) is 5.75 Å². The van der Waals surface area contributed by atoms with E-state index in [0.717, 1.165) is 40.6 Å². The Morgan fingerprint density at radius 3 is 2.49 bits per heavy atom. The van der Waals surface area contributed by atoms with Crippen LogP contribution < -0.4 is 14.8 Å². The fourth-order valence-electron chi connectivity index (χ4n) is 7.34. The molecule has 2 N–H and O–H groups in total. The molecule has 6 rings (SSSR count). The van der Waals surface area contributed by atoms with Gasteiger partial charge in [-0.05, 0) is 88.6 Å². The Labute approximate surface area is 277 Å². The molecule has 0 radical (unpaired) electrons. The van der Waals surface area contributed by atoms with Crippen LogP contribution in [0.4, 0.5) is 10.1 Å². The second kappa shape index (κ2) is 13.7. The number of hydrogen-bond donors (Lipinski definition) is 1. The van der Waals surface area contributed by atoms with Crippen molar-refractivity contribution in [2.24, 2.45) is 5.73 Å². The predicted octanol–water partition coefficient (Wildman–Crippen LogP) is 6.86. The van der Waals surface area contributed by atoms with Gasteiger partial charge in [-0.1, -0.05) is 49.2 Å². The third-order valence-electron chi connectivity index (χ3n) is 9.74. The summed E-state index contributed by atoms with van der Waals surface area (Å²) in [6, 6.07) is 20.6. The zero-order valence-corrected chi connectivity index (χ0v) is 28.3. The number of aryl methyl sites for hydroxylation is 1. The number of rotatable bonds is 10. The van der Waals surface area contributed by atoms with Crippen LogP contribution in [0, 0.1) is 0 Å². The van der Waals surface area contributed by atoms with Crippen molar-refractivity contribution in [1.29, 1.82) is 0 Å². The molecular weight excluding hydrogens is 615 g/mol. The zero-order chi connectivity index (χ0) is 33.3. The molecule has 3 atom stereocenters. The number of primary amides is 1. The van der Waals surface area contributed by atoms with Crippen LogP contribution in [0.1, 0.15) is 72.9 Å². The smallest absolute Gasteiger partial charge is 0.248 e. The van der Waals surface area contributed by atoms with Gasteiger partial charge in [-0.3, -0.25) is 9.10 Å². The van der Waals surface area contributed by atoms with Crippen LogP contribution in [-0.2, 0) is 23.2 Å². The number of aromatic nitrogens is 1. The maximum absolute atomic E-state index is 15.9. The van der Waals surface area contributed by atoms with Crippen LogP contribution in [-0.4, -0.2) is 62.4 Å². The Bertz CT molecular complexity index is 1860. The van der Waals surface area contributed by atoms with E-state index < -0.39 is 22.1 Å². The van der Waals surface area contributed by atoms with E-state index >= 15 is 4.39 Å². The molecule has 47 heavy (non-hydrogen) atoms. The number of carbonyl (C=O) groups is 1. The molecule has 0 spiro atoms. The highest BCUT2D eigenvalue weighted by molar-refractivity contribution is 7.92. The molecule has 250 valence electrons. The number of nitrogens with zero attached hydrogens (tertiary/aromatic N) is 3. The Balaban J connectivity index is 1.62. The maximum Gasteiger partial charge on any atom is 0.248 e. The summed E-state index contributed by atoms with van der Waals surface area (Å²) in [5.74, 6) is -0.394. The van der Waals surface area contributed by atoms with Gasteiger partial charge in [-0.2, -0.15) is 0 Å². The Hall–Kier alpha value is -3.89. The highest BCUT2D eigenvalue weighted by Crippen LogP contribution is 2.49. The van der Waals surface area contributed by atoms with Crippen molar-refractivity contribution in [2.45, 2.75) is 76.7 Å². The minimum atomic E-state index is -3.74. The molecule has 0 bridgehead atoms. The number of nitrogens with two attached hydrogens (primary N) is 1. The van der Waals surface area contributed by atoms with E-state index in [1.807, 2.05) is 74.8 Å². The minimum absolute atomic E-state index is 0.0625. The van der Waals surface area contributed by atoms with E-state index in [9.17, 15) is 13.2 Å². The first-order valence-electron chi connectivity index (χ1n) is 16.7. The maximum atomic E-state index is 15.9. The van der Waals surface area contributed by atoms with Gasteiger partial charge in [-0.25, -0.2) is 12.8 Å². The number of hydrogen-bond acceptors (Lipinski definition) is 5. The van der Waals surface area contributed by atoms with Gasteiger partial charge in [-0.15, -0.1) is 0 Å². The lowest BCUT2D eigenvalue weighted by molar-refractivity contribution is 0.100. The molecule has 3 aromatic carbocycles. The fraction of sp³-hybridized carbons (Fsp3) is 0.432. The van der Waals surface area contributed by atoms with E-state index in [2.05, 4.69) is 9.47 Å². The van der Waals surface area contributed by atoms with Gasteiger partial charge in [0, 0.05) is 46.6 Å². The molecule has 2 aliphatic rings. The number of benzene rings is 3. The summed E-state index contributed by atoms with van der Waals surface area (Å²) in [5, 5.41) is 0.881. The minimum Gasteiger partial charge on any atom is -0.489 e. The summed E-state index contributed by atoms with van der Waals surface area (Å²) >= 11 is 0. The highest BCUT2D eigenvalue weighted by atomic mass is 32.2. The second-order valence-corrected chi connectivity index (χ2v) is 15.2. The van der Waals surface area contributed by atoms with Gasteiger partial charge in [0.15, 0.2) is 0 Å². The van der Waals surface area contributed by atoms with Crippen molar-refractivity contribution in [3.8, 4) is 17.0 Å². The molecule has 1 amide bonds. The summed E-state index contributed by atoms with van der Waals surface area (Å²) in [5.41, 5.74) is 10.9. The molecule has 4 aromatic rings. The van der Waals surface area contributed by atoms with Gasteiger partial charge >= 0.3 is 0 Å². The lowest BCUT2D eigenvalue weighted by Crippen LogP contribution is -2.44. The first kappa shape index (κ1) is 33.0. The number of fused-ring (bicyclic) bond motifs is 5. The molecule has 1 aromatic heterocycles. The fourth-order valence-corrected chi connectivity index (χ4v) is 8.73. The Kier molecular flexibility index (Phi) is 9.62. The average Bonchev–Trinajstić information content (AvgIpc) is 3.37. The van der Waals surface area contributed by atoms with Crippen molar-refractivity contribution in [1.82, 2.24) is 9.47 Å². The van der Waals surface area contributed by atoms with E-state index in [1.54, 1.807) is 17.3 Å². The average molecular weight is 661 g/mol. The third-order valence-corrected chi connectivity index (χ3v) is 11.6. The molecule has 2 heterocycles. The van der Waals surface area contributed by atoms with Gasteiger partial charge in [0.25, 0.3) is 0 Å². The van der Waals surface area contributed by atoms with Crippen LogP contribution >= 0.6 is 0 Å². The number of alkyl halides is 1. The van der Waals surface area contributed by atoms with Crippen molar-refractivity contribution < 1.29 is 22.3 Å². The molecule has 0 saturated heterocycles. The van der Waals surface area contributed by atoms with Gasteiger partial charge in [0.05, 0.1) is 17.1 Å². The quantitative estimate of drug-likeness (QED) is 0.200. The third kappa shape index (κ3) is 6.63. The molecule has 2 unspecified atom stereocenters. The van der Waals surface area contributed by atoms with Crippen molar-refractivity contribution in [3.05, 3.63) is 83.4 Å². The van der Waals surface area contributed by atoms with Crippen LogP contribution in [0.3, 0.4) is 0 Å². The van der Waals surface area contributed by atoms with Gasteiger partial charge in [0.2, 0.25) is 15.9 Å². The predicted molar refractivity (Wildman–Crippen MR) is 186 cm³/mol. The van der Waals surface area contributed by atoms with Crippen molar-refractivity contribution in [3.63, 3.8) is 0 Å². The van der Waals surface area contributed by atoms with Crippen molar-refractivity contribution >= 4 is 32.5 Å². The summed E-state index contributed by atoms with van der Waals surface area (Å²) in [6.07, 6.45) is 3.05. The molecule has 10 heteroatoms. The normalized spacial score (nSPS) is 20.0. The molecule has 1 saturated carbocycles. The molecular formula is C37H45FN4O4S. The monoisotopic (exact) mass is 660 g/mol. The number of amides is 1. The largest absolute Gasteiger partial charge is 0.489 e. The summed E-state index contributed by atoms with van der Waals surface area (Å²) in [7, 11) is 0.228. The van der Waals surface area contributed by atoms with Crippen LogP contribution in [0.2, 0.25) is 0 Å². The van der Waals surface area contributed by atoms with E-state index in [0.29, 0.717) is 67.9 Å². The van der Waals surface area contributed by atoms with Gasteiger partial charge in [0.1, 0.15) is 18.5 Å². The number of anilines is 1. The molecule has 1 aliphatic carbocycles. The first-order chi connectivity index (χ1) is 22.6. The molecule has 1 fully saturated rings. The topological polar surface area (TPSA) is 97.9 Å². The van der Waals surface area contributed by atoms with E-state index in [4.69, 9.17) is 10.5 Å². The van der Waals surface area contributed by atoms with Crippen LogP contribution in [0.15, 0.2) is 66.7 Å². The SMILES string of the molecule is CCS(=O)(=O)N1c2cc(OCc3ccccc3)ccc2-c2c(C3CCCC[C@@H]3F)c3ccc(C(N)=O)cc3n2CCC1CCN(C)C. The standard InChI is InChI=1S/C37H45FN4O4S/c1-4-47(44,45)42-27(18-20-40(2)3)19-21-41-33-22-26(37(39)43)14-16-30(33)35(29-12-8-9-13-32(29)38)36(41)31-17-15-28(23-34(31)42)46-24-25-10-6-5-7-11-25/h5-7,10-11,14-17,22-23,27,29,32H,4,8-9,12-13,18-21,24H2,1-3H3,(H2,39,43)/t27?,29?,32-/m0/s1. The lowest BCUT2D eigenvalue weighted by atomic mass is 9.80. The highest BCUT2D eigenvalue weighted by Gasteiger charge is 2.38. The Morgan fingerprint density at radius 1 is 1.02 bits per heavy atom. The number of ether oxygens (including phenoxy) is 1. The lowest BCUT2D eigenvalue weighted by Gasteiger charge is -2.37. The summed E-state index contributed by atoms with van der Waals surface area (Å²) < 4.78 is 54.3. The molecule has 8 nitrogen and oxygen atoms in total. The second-order valence-electron chi connectivity index (χ2n) is 13.1. The zero-order valence-electron chi connectivity index (χ0n) is 27.5. The van der Waals surface area contributed by atoms with E-state index in [1.165, 1.54) is 0 Å².